The Morgan fingerprint density at radius 1 is 0.427 bits per heavy atom. The highest BCUT2D eigenvalue weighted by atomic mass is 32.1. The Bertz CT molecular complexity index is 2830. The molecular weight excluding hydrogens is 1130 g/mol. The number of amides is 2. The summed E-state index contributed by atoms with van der Waals surface area (Å²) in [6.07, 6.45) is 50.9. The summed E-state index contributed by atoms with van der Waals surface area (Å²) in [4.78, 5) is 49.5. The van der Waals surface area contributed by atoms with Gasteiger partial charge in [0.15, 0.2) is 0 Å². The highest BCUT2D eigenvalue weighted by molar-refractivity contribution is 7.16. The molecule has 494 valence electrons. The summed E-state index contributed by atoms with van der Waals surface area (Å²) < 4.78 is 0. The number of fused-ring (bicyclic) bond motifs is 4. The Morgan fingerprint density at radius 2 is 0.798 bits per heavy atom. The molecule has 6 nitrogen and oxygen atoms in total. The highest BCUT2D eigenvalue weighted by Crippen LogP contribution is 2.57. The van der Waals surface area contributed by atoms with Crippen molar-refractivity contribution >= 4 is 45.9 Å². The van der Waals surface area contributed by atoms with E-state index in [2.05, 4.69) is 135 Å². The SMILES string of the molecule is CCCCCCCCC(CCCCCC)CN1C(=O)C2=C(c3ncc(C(C)(C)C)s3)N(CC(CCCCCC)CCCCCCCC)C(=O)C2=C1c1ncc(-c2ccc3c(c2)C(CCCCCCCC)(CCCCCCCC)c2cc(C(C)(C)C)ccc2-3)s1. The van der Waals surface area contributed by atoms with Crippen LogP contribution >= 0.6 is 22.7 Å². The number of nitrogens with zero attached hydrogens (tertiary/aromatic N) is 4. The lowest BCUT2D eigenvalue weighted by atomic mass is 9.69. The molecule has 7 rings (SSSR count). The number of carbonyl (C=O) groups is 2. The zero-order chi connectivity index (χ0) is 63.8. The Hall–Kier alpha value is -3.88. The van der Waals surface area contributed by atoms with Gasteiger partial charge in [0.1, 0.15) is 10.0 Å². The van der Waals surface area contributed by atoms with Gasteiger partial charge in [-0.1, -0.05) is 319 Å². The van der Waals surface area contributed by atoms with Crippen LogP contribution < -0.4 is 0 Å². The van der Waals surface area contributed by atoms with Gasteiger partial charge in [0, 0.05) is 35.8 Å². The van der Waals surface area contributed by atoms with Gasteiger partial charge in [0.25, 0.3) is 11.8 Å². The van der Waals surface area contributed by atoms with Crippen LogP contribution in [-0.4, -0.2) is 44.7 Å². The normalized spacial score (nSPS) is 15.6. The molecule has 2 aromatic heterocycles. The molecule has 0 spiro atoms. The number of unbranched alkanes of at least 4 members (excludes halogenated alkanes) is 26. The minimum Gasteiger partial charge on any atom is -0.304 e. The smallest absolute Gasteiger partial charge is 0.261 e. The first-order chi connectivity index (χ1) is 43.1. The number of benzene rings is 2. The maximum Gasteiger partial charge on any atom is 0.261 e. The molecule has 89 heavy (non-hydrogen) atoms. The number of thiazole rings is 2. The fraction of sp³-hybridized carbons (Fsp3) is 0.704. The van der Waals surface area contributed by atoms with Gasteiger partial charge in [-0.25, -0.2) is 9.97 Å². The predicted molar refractivity (Wildman–Crippen MR) is 387 cm³/mol. The first-order valence-corrected chi connectivity index (χ1v) is 39.1. The zero-order valence-electron chi connectivity index (χ0n) is 59.0. The fourth-order valence-electron chi connectivity index (χ4n) is 14.9. The second-order valence-corrected chi connectivity index (χ2v) is 32.1. The van der Waals surface area contributed by atoms with Crippen LogP contribution in [-0.2, 0) is 25.8 Å². The third-order valence-electron chi connectivity index (χ3n) is 20.5. The van der Waals surface area contributed by atoms with Gasteiger partial charge < -0.3 is 9.80 Å². The van der Waals surface area contributed by atoms with E-state index < -0.39 is 0 Å². The number of carbonyl (C=O) groups excluding carboxylic acids is 2. The molecule has 0 fully saturated rings. The topological polar surface area (TPSA) is 66.4 Å². The largest absolute Gasteiger partial charge is 0.304 e. The Balaban J connectivity index is 1.37. The Morgan fingerprint density at radius 3 is 1.21 bits per heavy atom. The first kappa shape index (κ1) is 72.5. The van der Waals surface area contributed by atoms with E-state index in [0.717, 1.165) is 71.2 Å². The van der Waals surface area contributed by atoms with Gasteiger partial charge >= 0.3 is 0 Å². The van der Waals surface area contributed by atoms with Crippen LogP contribution in [0.25, 0.3) is 33.0 Å². The maximum absolute atomic E-state index is 16.2. The van der Waals surface area contributed by atoms with Crippen molar-refractivity contribution < 1.29 is 9.59 Å². The van der Waals surface area contributed by atoms with E-state index in [4.69, 9.17) is 9.97 Å². The third kappa shape index (κ3) is 19.6. The van der Waals surface area contributed by atoms with Crippen molar-refractivity contribution in [2.24, 2.45) is 11.8 Å². The molecule has 2 aliphatic heterocycles. The summed E-state index contributed by atoms with van der Waals surface area (Å²) in [5, 5.41) is 1.59. The molecule has 1 aliphatic carbocycles. The molecule has 4 heterocycles. The summed E-state index contributed by atoms with van der Waals surface area (Å²) in [6, 6.07) is 14.9. The standard InChI is InChI=1S/C81H126N4O2S2/c1-13-19-25-31-35-41-47-61(45-39-29-23-17-5)59-84-73(71-72(78(84)87)74(76-83-58-70(89-76)80(10,11)12)85(77(71)86)60-62(46-40-30-24-18-6)48-42-36-32-26-20-14-2)75-82-57-69(88-75)63-49-51-65-66-52-50-64(79(7,8)9)56-68(66)81(67(65)55-63,53-43-37-33-27-21-15-3)54-44-38-34-28-22-16-4/h49-52,55-58,61-62H,13-48,53-54,59-60H2,1-12H3. The molecule has 2 amide bonds. The highest BCUT2D eigenvalue weighted by Gasteiger charge is 2.51. The third-order valence-corrected chi connectivity index (χ3v) is 23.0. The van der Waals surface area contributed by atoms with Crippen LogP contribution in [0.4, 0.5) is 0 Å². The second kappa shape index (κ2) is 36.5. The lowest BCUT2D eigenvalue weighted by molar-refractivity contribution is -0.124. The van der Waals surface area contributed by atoms with Crippen LogP contribution in [0.15, 0.2) is 59.9 Å². The van der Waals surface area contributed by atoms with E-state index in [0.29, 0.717) is 36.1 Å². The molecule has 0 bridgehead atoms. The average molecular weight is 1250 g/mol. The Kier molecular flexibility index (Phi) is 29.8. The van der Waals surface area contributed by atoms with Crippen LogP contribution in [0.1, 0.15) is 359 Å². The molecule has 2 aromatic carbocycles. The molecule has 0 N–H and O–H groups in total. The van der Waals surface area contributed by atoms with Crippen LogP contribution in [0.3, 0.4) is 0 Å². The summed E-state index contributed by atoms with van der Waals surface area (Å²) in [6.45, 7) is 28.9. The monoisotopic (exact) mass is 1250 g/mol. The number of hydrogen-bond acceptors (Lipinski definition) is 6. The van der Waals surface area contributed by atoms with E-state index in [1.54, 1.807) is 28.2 Å². The second-order valence-electron chi connectivity index (χ2n) is 30.0. The summed E-state index contributed by atoms with van der Waals surface area (Å²) in [7, 11) is 0. The minimum atomic E-state index is -0.125. The molecule has 0 saturated carbocycles. The predicted octanol–water partition coefficient (Wildman–Crippen LogP) is 25.1. The fourth-order valence-corrected chi connectivity index (χ4v) is 17.0. The van der Waals surface area contributed by atoms with E-state index in [9.17, 15) is 0 Å². The number of hydrogen-bond donors (Lipinski definition) is 0. The van der Waals surface area contributed by atoms with Crippen LogP contribution in [0, 0.1) is 11.8 Å². The van der Waals surface area contributed by atoms with Gasteiger partial charge in [-0.3, -0.25) is 9.59 Å². The van der Waals surface area contributed by atoms with E-state index in [1.807, 2.05) is 6.20 Å². The molecular formula is C81H126N4O2S2. The van der Waals surface area contributed by atoms with Crippen molar-refractivity contribution in [3.8, 4) is 21.6 Å². The molecule has 8 heteroatoms. The van der Waals surface area contributed by atoms with Gasteiger partial charge in [0.05, 0.1) is 27.4 Å². The van der Waals surface area contributed by atoms with E-state index in [-0.39, 0.29) is 28.1 Å². The molecule has 0 saturated heterocycles. The maximum atomic E-state index is 16.2. The van der Waals surface area contributed by atoms with Crippen LogP contribution in [0.2, 0.25) is 0 Å². The Labute approximate surface area is 553 Å². The van der Waals surface area contributed by atoms with Crippen LogP contribution in [0.5, 0.6) is 0 Å². The van der Waals surface area contributed by atoms with E-state index >= 15 is 9.59 Å². The van der Waals surface area contributed by atoms with Crippen molar-refractivity contribution in [2.75, 3.05) is 13.1 Å². The van der Waals surface area contributed by atoms with Gasteiger partial charge in [-0.2, -0.15) is 0 Å². The summed E-state index contributed by atoms with van der Waals surface area (Å²) in [5.41, 5.74) is 11.0. The number of aromatic nitrogens is 2. The molecule has 2 atom stereocenters. The van der Waals surface area contributed by atoms with Crippen molar-refractivity contribution in [3.63, 3.8) is 0 Å². The minimum absolute atomic E-state index is 0.0267. The van der Waals surface area contributed by atoms with Crippen molar-refractivity contribution in [1.82, 2.24) is 19.8 Å². The summed E-state index contributed by atoms with van der Waals surface area (Å²) >= 11 is 3.38. The molecule has 0 radical (unpaired) electrons. The van der Waals surface area contributed by atoms with Crippen molar-refractivity contribution in [2.45, 2.75) is 343 Å². The molecule has 2 unspecified atom stereocenters. The van der Waals surface area contributed by atoms with E-state index in [1.165, 1.54) is 232 Å². The van der Waals surface area contributed by atoms with Gasteiger partial charge in [-0.15, -0.1) is 22.7 Å². The van der Waals surface area contributed by atoms with Gasteiger partial charge in [-0.05, 0) is 101 Å². The quantitative estimate of drug-likeness (QED) is 0.0414. The van der Waals surface area contributed by atoms with Crippen molar-refractivity contribution in [1.29, 1.82) is 0 Å². The van der Waals surface area contributed by atoms with Crippen molar-refractivity contribution in [3.05, 3.63) is 91.5 Å². The van der Waals surface area contributed by atoms with Gasteiger partial charge in [0.2, 0.25) is 0 Å². The lowest BCUT2D eigenvalue weighted by Crippen LogP contribution is -2.35. The number of rotatable bonds is 45. The summed E-state index contributed by atoms with van der Waals surface area (Å²) in [5.74, 6) is 0.610. The lowest BCUT2D eigenvalue weighted by Gasteiger charge is -2.34. The molecule has 4 aromatic rings. The zero-order valence-corrected chi connectivity index (χ0v) is 60.6. The average Bonchev–Trinajstić information content (AvgIpc) is 1.58. The molecule has 3 aliphatic rings. The first-order valence-electron chi connectivity index (χ1n) is 37.4.